The van der Waals surface area contributed by atoms with Crippen molar-refractivity contribution in [1.82, 2.24) is 0 Å². The zero-order chi connectivity index (χ0) is 16.7. The molecule has 0 aliphatic heterocycles. The van der Waals surface area contributed by atoms with Crippen molar-refractivity contribution < 1.29 is 9.66 Å². The lowest BCUT2D eigenvalue weighted by molar-refractivity contribution is -0.384. The van der Waals surface area contributed by atoms with Crippen molar-refractivity contribution in [2.45, 2.75) is 20.3 Å². The minimum Gasteiger partial charge on any atom is -0.494 e. The molecular weight excluding hydrogens is 294 g/mol. The van der Waals surface area contributed by atoms with Crippen LogP contribution in [0.5, 0.6) is 5.75 Å². The van der Waals surface area contributed by atoms with Crippen LogP contribution in [0.1, 0.15) is 25.8 Å². The van der Waals surface area contributed by atoms with E-state index in [0.717, 1.165) is 23.4 Å². The van der Waals surface area contributed by atoms with Gasteiger partial charge in [0.25, 0.3) is 5.69 Å². The van der Waals surface area contributed by atoms with Gasteiger partial charge < -0.3 is 4.74 Å². The fraction of sp³-hybridized carbons (Fsp3) is 0.235. The Bertz CT molecular complexity index is 696. The van der Waals surface area contributed by atoms with Crippen LogP contribution in [-0.2, 0) is 0 Å². The summed E-state index contributed by atoms with van der Waals surface area (Å²) in [6.07, 6.45) is 0.968. The second-order valence-electron chi connectivity index (χ2n) is 4.99. The molecule has 0 atom stereocenters. The van der Waals surface area contributed by atoms with Crippen molar-refractivity contribution in [2.24, 2.45) is 5.10 Å². The highest BCUT2D eigenvalue weighted by Gasteiger charge is 2.05. The first kappa shape index (κ1) is 16.5. The van der Waals surface area contributed by atoms with E-state index in [0.29, 0.717) is 12.3 Å². The third-order valence-corrected chi connectivity index (χ3v) is 3.15. The van der Waals surface area contributed by atoms with Crippen LogP contribution in [0.3, 0.4) is 0 Å². The molecule has 0 bridgehead atoms. The first-order valence-electron chi connectivity index (χ1n) is 7.38. The molecule has 2 aromatic carbocycles. The van der Waals surface area contributed by atoms with Gasteiger partial charge in [0.15, 0.2) is 0 Å². The summed E-state index contributed by atoms with van der Waals surface area (Å²) in [5, 5.41) is 15.0. The molecular formula is C17H19N3O3. The Kier molecular flexibility index (Phi) is 5.68. The van der Waals surface area contributed by atoms with E-state index in [-0.39, 0.29) is 5.69 Å². The van der Waals surface area contributed by atoms with Gasteiger partial charge >= 0.3 is 0 Å². The standard InChI is InChI=1S/C17H19N3O3/c1-3-11-23-17-9-7-14(8-10-17)13(2)18-19-15-5-4-6-16(12-15)20(21)22/h4-10,12,19H,3,11H2,1-2H3/b18-13-. The number of hydrogen-bond acceptors (Lipinski definition) is 5. The quantitative estimate of drug-likeness (QED) is 0.471. The Hall–Kier alpha value is -2.89. The van der Waals surface area contributed by atoms with Gasteiger partial charge in [-0.05, 0) is 49.2 Å². The molecule has 0 saturated heterocycles. The largest absolute Gasteiger partial charge is 0.494 e. The Morgan fingerprint density at radius 1 is 1.26 bits per heavy atom. The molecule has 2 rings (SSSR count). The molecule has 23 heavy (non-hydrogen) atoms. The molecule has 120 valence electrons. The Morgan fingerprint density at radius 3 is 2.65 bits per heavy atom. The topological polar surface area (TPSA) is 76.8 Å². The summed E-state index contributed by atoms with van der Waals surface area (Å²) < 4.78 is 5.54. The van der Waals surface area contributed by atoms with E-state index >= 15 is 0 Å². The van der Waals surface area contributed by atoms with Crippen LogP contribution < -0.4 is 10.2 Å². The van der Waals surface area contributed by atoms with Crippen molar-refractivity contribution in [1.29, 1.82) is 0 Å². The van der Waals surface area contributed by atoms with Gasteiger partial charge in [-0.25, -0.2) is 0 Å². The molecule has 0 saturated carbocycles. The van der Waals surface area contributed by atoms with E-state index in [1.165, 1.54) is 12.1 Å². The lowest BCUT2D eigenvalue weighted by Crippen LogP contribution is -2.01. The second-order valence-corrected chi connectivity index (χ2v) is 4.99. The first-order valence-corrected chi connectivity index (χ1v) is 7.38. The molecule has 0 aliphatic rings. The number of nitrogens with zero attached hydrogens (tertiary/aromatic N) is 2. The van der Waals surface area contributed by atoms with Crippen LogP contribution >= 0.6 is 0 Å². The maximum atomic E-state index is 10.7. The van der Waals surface area contributed by atoms with Crippen LogP contribution in [0.25, 0.3) is 0 Å². The normalized spacial score (nSPS) is 11.1. The van der Waals surface area contributed by atoms with Crippen molar-refractivity contribution >= 4 is 17.1 Å². The monoisotopic (exact) mass is 313 g/mol. The third-order valence-electron chi connectivity index (χ3n) is 3.15. The summed E-state index contributed by atoms with van der Waals surface area (Å²) in [5.74, 6) is 0.829. The molecule has 0 fully saturated rings. The molecule has 2 aromatic rings. The van der Waals surface area contributed by atoms with Crippen LogP contribution in [0.4, 0.5) is 11.4 Å². The van der Waals surface area contributed by atoms with Crippen molar-refractivity contribution in [3.8, 4) is 5.75 Å². The Labute approximate surface area is 134 Å². The van der Waals surface area contributed by atoms with Gasteiger partial charge in [-0.15, -0.1) is 0 Å². The fourth-order valence-corrected chi connectivity index (χ4v) is 1.91. The van der Waals surface area contributed by atoms with E-state index in [1.807, 2.05) is 31.2 Å². The number of hydrazone groups is 1. The summed E-state index contributed by atoms with van der Waals surface area (Å²) in [4.78, 5) is 10.3. The predicted octanol–water partition coefficient (Wildman–Crippen LogP) is 4.22. The van der Waals surface area contributed by atoms with Gasteiger partial charge in [-0.2, -0.15) is 5.10 Å². The zero-order valence-corrected chi connectivity index (χ0v) is 13.2. The first-order chi connectivity index (χ1) is 11.1. The molecule has 0 unspecified atom stereocenters. The van der Waals surface area contributed by atoms with E-state index in [9.17, 15) is 10.1 Å². The average Bonchev–Trinajstić information content (AvgIpc) is 2.58. The lowest BCUT2D eigenvalue weighted by atomic mass is 10.1. The highest BCUT2D eigenvalue weighted by molar-refractivity contribution is 5.99. The zero-order valence-electron chi connectivity index (χ0n) is 13.2. The van der Waals surface area contributed by atoms with E-state index < -0.39 is 4.92 Å². The molecule has 0 aliphatic carbocycles. The van der Waals surface area contributed by atoms with Crippen LogP contribution in [0.2, 0.25) is 0 Å². The smallest absolute Gasteiger partial charge is 0.271 e. The fourth-order valence-electron chi connectivity index (χ4n) is 1.91. The summed E-state index contributed by atoms with van der Waals surface area (Å²) in [5.41, 5.74) is 5.17. The van der Waals surface area contributed by atoms with E-state index in [1.54, 1.807) is 12.1 Å². The van der Waals surface area contributed by atoms with Gasteiger partial charge in [0.1, 0.15) is 5.75 Å². The van der Waals surface area contributed by atoms with Gasteiger partial charge in [0.2, 0.25) is 0 Å². The predicted molar refractivity (Wildman–Crippen MR) is 91.2 cm³/mol. The number of hydrogen-bond donors (Lipinski definition) is 1. The highest BCUT2D eigenvalue weighted by Crippen LogP contribution is 2.17. The average molecular weight is 313 g/mol. The lowest BCUT2D eigenvalue weighted by Gasteiger charge is -2.06. The van der Waals surface area contributed by atoms with E-state index in [2.05, 4.69) is 17.5 Å². The molecule has 0 amide bonds. The molecule has 0 radical (unpaired) electrons. The second kappa shape index (κ2) is 7.93. The number of anilines is 1. The minimum absolute atomic E-state index is 0.0280. The Balaban J connectivity index is 2.04. The number of nitro benzene ring substituents is 1. The molecule has 1 N–H and O–H groups in total. The van der Waals surface area contributed by atoms with Crippen molar-refractivity contribution in [3.63, 3.8) is 0 Å². The summed E-state index contributed by atoms with van der Waals surface area (Å²) in [7, 11) is 0. The molecule has 6 nitrogen and oxygen atoms in total. The highest BCUT2D eigenvalue weighted by atomic mass is 16.6. The number of nitro groups is 1. The number of non-ortho nitro benzene ring substituents is 1. The Morgan fingerprint density at radius 2 is 2.00 bits per heavy atom. The molecule has 6 heteroatoms. The van der Waals surface area contributed by atoms with E-state index in [4.69, 9.17) is 4.74 Å². The summed E-state index contributed by atoms with van der Waals surface area (Å²) in [6, 6.07) is 13.9. The maximum Gasteiger partial charge on any atom is 0.271 e. The van der Waals surface area contributed by atoms with Crippen LogP contribution in [-0.4, -0.2) is 17.2 Å². The SMILES string of the molecule is CCCOc1ccc(/C(C)=N\Nc2cccc([N+](=O)[O-])c2)cc1. The summed E-state index contributed by atoms with van der Waals surface area (Å²) in [6.45, 7) is 4.62. The van der Waals surface area contributed by atoms with Crippen molar-refractivity contribution in [3.05, 3.63) is 64.2 Å². The third kappa shape index (κ3) is 4.81. The number of ether oxygens (including phenoxy) is 1. The number of benzene rings is 2. The van der Waals surface area contributed by atoms with Gasteiger partial charge in [0.05, 0.1) is 22.9 Å². The summed E-state index contributed by atoms with van der Waals surface area (Å²) >= 11 is 0. The minimum atomic E-state index is -0.434. The van der Waals surface area contributed by atoms with Gasteiger partial charge in [0, 0.05) is 12.1 Å². The molecule has 0 aromatic heterocycles. The maximum absolute atomic E-state index is 10.7. The van der Waals surface area contributed by atoms with Crippen LogP contribution in [0, 0.1) is 10.1 Å². The van der Waals surface area contributed by atoms with Gasteiger partial charge in [-0.1, -0.05) is 13.0 Å². The number of nitrogens with one attached hydrogen (secondary N) is 1. The van der Waals surface area contributed by atoms with Crippen LogP contribution in [0.15, 0.2) is 53.6 Å². The van der Waals surface area contributed by atoms with Crippen molar-refractivity contribution in [2.75, 3.05) is 12.0 Å². The van der Waals surface area contributed by atoms with Gasteiger partial charge in [-0.3, -0.25) is 15.5 Å². The number of rotatable bonds is 7. The molecule has 0 heterocycles. The molecule has 0 spiro atoms.